The minimum Gasteiger partial charge on any atom is -0.384 e. The van der Waals surface area contributed by atoms with Crippen LogP contribution in [0.2, 0.25) is 0 Å². The van der Waals surface area contributed by atoms with Gasteiger partial charge in [0, 0.05) is 5.69 Å². The molecule has 0 aliphatic rings. The number of nitrogens with two attached hydrogens (primary N) is 1. The lowest BCUT2D eigenvalue weighted by atomic mass is 10.4. The first-order valence-electron chi connectivity index (χ1n) is 2.98. The third-order valence-corrected chi connectivity index (χ3v) is 0.910. The maximum atomic E-state index is 5.35. The van der Waals surface area contributed by atoms with Crippen molar-refractivity contribution in [1.29, 1.82) is 0 Å². The second kappa shape index (κ2) is 4.56. The smallest absolute Gasteiger partial charge is 0.123 e. The summed E-state index contributed by atoms with van der Waals surface area (Å²) in [6.45, 7) is 7.91. The Morgan fingerprint density at radius 3 is 2.30 bits per heavy atom. The Labute approximate surface area is 61.4 Å². The molecule has 0 unspecified atom stereocenters. The summed E-state index contributed by atoms with van der Waals surface area (Å²) in [5.74, 6) is 0.588. The van der Waals surface area contributed by atoms with E-state index in [-0.39, 0.29) is 0 Å². The van der Waals surface area contributed by atoms with Gasteiger partial charge < -0.3 is 5.73 Å². The molecule has 0 aromatic carbocycles. The molecule has 0 aliphatic heterocycles. The van der Waals surface area contributed by atoms with Crippen molar-refractivity contribution in [2.75, 3.05) is 5.73 Å². The number of pyridine rings is 1. The molecule has 0 saturated carbocycles. The van der Waals surface area contributed by atoms with E-state index in [1.165, 1.54) is 0 Å². The van der Waals surface area contributed by atoms with Gasteiger partial charge in [-0.25, -0.2) is 4.98 Å². The number of rotatable bonds is 0. The van der Waals surface area contributed by atoms with Gasteiger partial charge in [0.15, 0.2) is 0 Å². The lowest BCUT2D eigenvalue weighted by Gasteiger charge is -1.90. The summed E-state index contributed by atoms with van der Waals surface area (Å²) in [6.07, 6.45) is 0. The van der Waals surface area contributed by atoms with Gasteiger partial charge in [-0.05, 0) is 19.1 Å². The summed E-state index contributed by atoms with van der Waals surface area (Å²) in [5.41, 5.74) is 6.31. The number of hydrogen-bond acceptors (Lipinski definition) is 2. The van der Waals surface area contributed by atoms with E-state index in [1.807, 2.05) is 19.1 Å². The molecule has 1 heterocycles. The van der Waals surface area contributed by atoms with Gasteiger partial charge in [0.1, 0.15) is 5.82 Å². The van der Waals surface area contributed by atoms with E-state index in [9.17, 15) is 0 Å². The molecule has 1 aromatic rings. The fourth-order valence-corrected chi connectivity index (χ4v) is 0.564. The van der Waals surface area contributed by atoms with E-state index in [1.54, 1.807) is 6.07 Å². The Morgan fingerprint density at radius 2 is 2.00 bits per heavy atom. The topological polar surface area (TPSA) is 38.9 Å². The summed E-state index contributed by atoms with van der Waals surface area (Å²) in [6, 6.07) is 5.57. The first kappa shape index (κ1) is 8.69. The van der Waals surface area contributed by atoms with Crippen LogP contribution >= 0.6 is 0 Å². The highest BCUT2D eigenvalue weighted by Crippen LogP contribution is 1.96. The number of aryl methyl sites for hydroxylation is 1. The van der Waals surface area contributed by atoms with Gasteiger partial charge in [0.05, 0.1) is 0 Å². The molecule has 2 heteroatoms. The zero-order chi connectivity index (χ0) is 7.98. The number of anilines is 1. The molecule has 2 nitrogen and oxygen atoms in total. The molecular formula is C8H12N2. The second-order valence-electron chi connectivity index (χ2n) is 1.70. The van der Waals surface area contributed by atoms with E-state index < -0.39 is 0 Å². The van der Waals surface area contributed by atoms with Crippen LogP contribution in [0.15, 0.2) is 31.4 Å². The van der Waals surface area contributed by atoms with E-state index >= 15 is 0 Å². The van der Waals surface area contributed by atoms with E-state index in [4.69, 9.17) is 5.73 Å². The van der Waals surface area contributed by atoms with Crippen LogP contribution in [0.4, 0.5) is 5.82 Å². The van der Waals surface area contributed by atoms with Gasteiger partial charge in [-0.15, -0.1) is 13.2 Å². The third-order valence-electron chi connectivity index (χ3n) is 0.910. The fourth-order valence-electron chi connectivity index (χ4n) is 0.564. The molecule has 10 heavy (non-hydrogen) atoms. The Kier molecular flexibility index (Phi) is 3.96. The minimum atomic E-state index is 0.588. The predicted molar refractivity (Wildman–Crippen MR) is 44.6 cm³/mol. The Bertz CT molecular complexity index is 179. The highest BCUT2D eigenvalue weighted by atomic mass is 14.8. The number of hydrogen-bond donors (Lipinski definition) is 1. The van der Waals surface area contributed by atoms with Crippen LogP contribution < -0.4 is 5.73 Å². The SMILES string of the molecule is C=C.Cc1cccc(N)n1. The molecule has 0 saturated heterocycles. The Hall–Kier alpha value is -1.31. The van der Waals surface area contributed by atoms with E-state index in [2.05, 4.69) is 18.1 Å². The highest BCUT2D eigenvalue weighted by molar-refractivity contribution is 5.28. The quantitative estimate of drug-likeness (QED) is 0.552. The average molecular weight is 136 g/mol. The monoisotopic (exact) mass is 136 g/mol. The van der Waals surface area contributed by atoms with Crippen LogP contribution in [0, 0.1) is 6.92 Å². The summed E-state index contributed by atoms with van der Waals surface area (Å²) < 4.78 is 0. The summed E-state index contributed by atoms with van der Waals surface area (Å²) in [5, 5.41) is 0. The molecule has 0 amide bonds. The number of nitrogen functional groups attached to an aromatic ring is 1. The molecule has 54 valence electrons. The normalized spacial score (nSPS) is 7.70. The van der Waals surface area contributed by atoms with Crippen molar-refractivity contribution < 1.29 is 0 Å². The van der Waals surface area contributed by atoms with Crippen LogP contribution in [-0.4, -0.2) is 4.98 Å². The zero-order valence-electron chi connectivity index (χ0n) is 6.17. The molecule has 0 atom stereocenters. The van der Waals surface area contributed by atoms with Crippen LogP contribution in [0.25, 0.3) is 0 Å². The van der Waals surface area contributed by atoms with Crippen molar-refractivity contribution in [3.05, 3.63) is 37.1 Å². The standard InChI is InChI=1S/C6H8N2.C2H4/c1-5-3-2-4-6(7)8-5;1-2/h2-4H,1H3,(H2,7,8);1-2H2. The second-order valence-corrected chi connectivity index (χ2v) is 1.70. The maximum absolute atomic E-state index is 5.35. The molecule has 2 N–H and O–H groups in total. The lowest BCUT2D eigenvalue weighted by molar-refractivity contribution is 1.21. The lowest BCUT2D eigenvalue weighted by Crippen LogP contribution is -1.89. The van der Waals surface area contributed by atoms with Gasteiger partial charge >= 0.3 is 0 Å². The third kappa shape index (κ3) is 2.87. The molecular weight excluding hydrogens is 124 g/mol. The molecule has 1 aromatic heterocycles. The number of aromatic nitrogens is 1. The van der Waals surface area contributed by atoms with Crippen molar-refractivity contribution in [3.8, 4) is 0 Å². The largest absolute Gasteiger partial charge is 0.384 e. The molecule has 0 bridgehead atoms. The predicted octanol–water partition coefficient (Wildman–Crippen LogP) is 1.77. The zero-order valence-corrected chi connectivity index (χ0v) is 6.17. The first-order chi connectivity index (χ1) is 4.79. The van der Waals surface area contributed by atoms with E-state index in [0.717, 1.165) is 5.69 Å². The van der Waals surface area contributed by atoms with Crippen LogP contribution in [0.1, 0.15) is 5.69 Å². The van der Waals surface area contributed by atoms with Crippen LogP contribution in [0.5, 0.6) is 0 Å². The van der Waals surface area contributed by atoms with Gasteiger partial charge in [-0.2, -0.15) is 0 Å². The number of nitrogens with zero attached hydrogens (tertiary/aromatic N) is 1. The fraction of sp³-hybridized carbons (Fsp3) is 0.125. The van der Waals surface area contributed by atoms with Gasteiger partial charge in [-0.1, -0.05) is 6.07 Å². The summed E-state index contributed by atoms with van der Waals surface area (Å²) in [4.78, 5) is 3.95. The molecule has 0 fully saturated rings. The van der Waals surface area contributed by atoms with Crippen molar-refractivity contribution in [1.82, 2.24) is 4.98 Å². The average Bonchev–Trinajstić information content (AvgIpc) is 1.91. The van der Waals surface area contributed by atoms with Crippen LogP contribution in [0.3, 0.4) is 0 Å². The molecule has 1 rings (SSSR count). The highest BCUT2D eigenvalue weighted by Gasteiger charge is 1.82. The Balaban J connectivity index is 0.000000371. The first-order valence-corrected chi connectivity index (χ1v) is 2.98. The molecule has 0 radical (unpaired) electrons. The maximum Gasteiger partial charge on any atom is 0.123 e. The minimum absolute atomic E-state index is 0.588. The van der Waals surface area contributed by atoms with Crippen molar-refractivity contribution in [3.63, 3.8) is 0 Å². The molecule has 0 spiro atoms. The van der Waals surface area contributed by atoms with Crippen molar-refractivity contribution >= 4 is 5.82 Å². The van der Waals surface area contributed by atoms with Gasteiger partial charge in [-0.3, -0.25) is 0 Å². The molecule has 0 aliphatic carbocycles. The van der Waals surface area contributed by atoms with Crippen molar-refractivity contribution in [2.24, 2.45) is 0 Å². The summed E-state index contributed by atoms with van der Waals surface area (Å²) in [7, 11) is 0. The van der Waals surface area contributed by atoms with Gasteiger partial charge in [0.25, 0.3) is 0 Å². The summed E-state index contributed by atoms with van der Waals surface area (Å²) >= 11 is 0. The van der Waals surface area contributed by atoms with Crippen LogP contribution in [-0.2, 0) is 0 Å². The van der Waals surface area contributed by atoms with E-state index in [0.29, 0.717) is 5.82 Å². The Morgan fingerprint density at radius 1 is 1.40 bits per heavy atom. The van der Waals surface area contributed by atoms with Crippen molar-refractivity contribution in [2.45, 2.75) is 6.92 Å². The van der Waals surface area contributed by atoms with Gasteiger partial charge in [0.2, 0.25) is 0 Å².